The minimum absolute atomic E-state index is 0.213. The molecular weight excluding hydrogens is 440 g/mol. The van der Waals surface area contributed by atoms with Crippen LogP contribution in [0, 0.1) is 0 Å². The summed E-state index contributed by atoms with van der Waals surface area (Å²) in [6.45, 7) is -0.213. The zero-order chi connectivity index (χ0) is 23.0. The van der Waals surface area contributed by atoms with Crippen molar-refractivity contribution in [2.45, 2.75) is 0 Å². The van der Waals surface area contributed by atoms with E-state index in [9.17, 15) is 4.79 Å². The van der Waals surface area contributed by atoms with Crippen LogP contribution in [0.15, 0.2) is 90.2 Å². The number of hydrogen-bond acceptors (Lipinski definition) is 5. The third-order valence-electron chi connectivity index (χ3n) is 4.72. The number of carbonyl (C=O) groups excluding carboxylic acids is 1. The maximum absolute atomic E-state index is 12.1. The number of halogens is 1. The average molecular weight is 461 g/mol. The molecule has 0 bridgehead atoms. The van der Waals surface area contributed by atoms with E-state index in [1.807, 2.05) is 60.8 Å². The minimum Gasteiger partial charge on any atom is -0.497 e. The number of nitrogens with one attached hydrogen (secondary N) is 1. The lowest BCUT2D eigenvalue weighted by molar-refractivity contribution is -0.123. The zero-order valence-corrected chi connectivity index (χ0v) is 18.6. The van der Waals surface area contributed by atoms with E-state index in [-0.39, 0.29) is 6.61 Å². The normalized spacial score (nSPS) is 10.8. The molecule has 166 valence electrons. The smallest absolute Gasteiger partial charge is 0.277 e. The fourth-order valence-corrected chi connectivity index (χ4v) is 3.27. The average Bonchev–Trinajstić information content (AvgIpc) is 3.28. The Morgan fingerprint density at radius 3 is 2.52 bits per heavy atom. The van der Waals surface area contributed by atoms with Crippen LogP contribution >= 0.6 is 11.6 Å². The Kier molecular flexibility index (Phi) is 7.02. The van der Waals surface area contributed by atoms with Crippen LogP contribution < -0.4 is 14.9 Å². The molecule has 33 heavy (non-hydrogen) atoms. The number of rotatable bonds is 8. The molecule has 0 saturated carbocycles. The van der Waals surface area contributed by atoms with Crippen molar-refractivity contribution in [3.63, 3.8) is 0 Å². The first-order valence-electron chi connectivity index (χ1n) is 10.1. The van der Waals surface area contributed by atoms with E-state index < -0.39 is 5.91 Å². The maximum Gasteiger partial charge on any atom is 0.277 e. The van der Waals surface area contributed by atoms with Crippen molar-refractivity contribution in [1.29, 1.82) is 0 Å². The Labute approximate surface area is 196 Å². The summed E-state index contributed by atoms with van der Waals surface area (Å²) >= 11 is 6.04. The van der Waals surface area contributed by atoms with Crippen LogP contribution in [0.2, 0.25) is 5.02 Å². The van der Waals surface area contributed by atoms with Gasteiger partial charge in [-0.1, -0.05) is 41.9 Å². The third-order valence-corrected chi connectivity index (χ3v) is 5.03. The highest BCUT2D eigenvalue weighted by molar-refractivity contribution is 6.32. The van der Waals surface area contributed by atoms with Crippen LogP contribution in [0.25, 0.3) is 16.9 Å². The predicted octanol–water partition coefficient (Wildman–Crippen LogP) is 4.73. The molecule has 4 rings (SSSR count). The van der Waals surface area contributed by atoms with Crippen molar-refractivity contribution < 1.29 is 14.3 Å². The second-order valence-corrected chi connectivity index (χ2v) is 7.36. The van der Waals surface area contributed by atoms with Crippen LogP contribution in [-0.2, 0) is 4.79 Å². The standard InChI is InChI=1S/C25H21ClN4O3/c1-32-21-13-11-18(12-14-21)25-19(16-30(29-25)20-7-3-2-4-8-20)15-27-28-24(31)17-33-23-10-6-5-9-22(23)26/h2-16H,17H2,1H3,(H,28,31)/b27-15+. The molecular formula is C25H21ClN4O3. The number of nitrogens with zero attached hydrogens (tertiary/aromatic N) is 3. The monoisotopic (exact) mass is 460 g/mol. The number of aromatic nitrogens is 2. The van der Waals surface area contributed by atoms with Crippen LogP contribution in [0.4, 0.5) is 0 Å². The molecule has 1 heterocycles. The minimum atomic E-state index is -0.410. The quantitative estimate of drug-likeness (QED) is 0.304. The van der Waals surface area contributed by atoms with Crippen molar-refractivity contribution >= 4 is 23.7 Å². The van der Waals surface area contributed by atoms with Crippen molar-refractivity contribution in [3.05, 3.63) is 95.6 Å². The number of methoxy groups -OCH3 is 1. The second kappa shape index (κ2) is 10.5. The van der Waals surface area contributed by atoms with E-state index in [4.69, 9.17) is 26.2 Å². The predicted molar refractivity (Wildman–Crippen MR) is 128 cm³/mol. The Bertz CT molecular complexity index is 1250. The summed E-state index contributed by atoms with van der Waals surface area (Å²) in [5, 5.41) is 9.25. The largest absolute Gasteiger partial charge is 0.497 e. The third kappa shape index (κ3) is 5.58. The molecule has 7 nitrogen and oxygen atoms in total. The Morgan fingerprint density at radius 1 is 1.06 bits per heavy atom. The van der Waals surface area contributed by atoms with Crippen LogP contribution in [-0.4, -0.2) is 35.6 Å². The lowest BCUT2D eigenvalue weighted by Gasteiger charge is -2.06. The first-order valence-corrected chi connectivity index (χ1v) is 10.5. The summed E-state index contributed by atoms with van der Waals surface area (Å²) in [5.74, 6) is 0.777. The number of hydrogen-bond donors (Lipinski definition) is 1. The lowest BCUT2D eigenvalue weighted by Crippen LogP contribution is -2.24. The molecule has 1 N–H and O–H groups in total. The summed E-state index contributed by atoms with van der Waals surface area (Å²) in [4.78, 5) is 12.1. The summed E-state index contributed by atoms with van der Waals surface area (Å²) < 4.78 is 12.4. The molecule has 0 aliphatic heterocycles. The van der Waals surface area contributed by atoms with E-state index in [1.165, 1.54) is 0 Å². The number of amides is 1. The van der Waals surface area contributed by atoms with Gasteiger partial charge in [0, 0.05) is 17.3 Å². The Morgan fingerprint density at radius 2 is 1.79 bits per heavy atom. The number of carbonyl (C=O) groups is 1. The highest BCUT2D eigenvalue weighted by atomic mass is 35.5. The molecule has 0 atom stereocenters. The second-order valence-electron chi connectivity index (χ2n) is 6.95. The van der Waals surface area contributed by atoms with E-state index >= 15 is 0 Å². The van der Waals surface area contributed by atoms with E-state index in [1.54, 1.807) is 42.3 Å². The molecule has 0 radical (unpaired) electrons. The van der Waals surface area contributed by atoms with Gasteiger partial charge in [0.05, 0.1) is 24.0 Å². The van der Waals surface area contributed by atoms with Crippen molar-refractivity contribution in [3.8, 4) is 28.4 Å². The van der Waals surface area contributed by atoms with Crippen molar-refractivity contribution in [2.75, 3.05) is 13.7 Å². The molecule has 0 aliphatic rings. The molecule has 0 aliphatic carbocycles. The van der Waals surface area contributed by atoms with Gasteiger partial charge in [0.15, 0.2) is 6.61 Å². The summed E-state index contributed by atoms with van der Waals surface area (Å²) in [6, 6.07) is 24.3. The molecule has 3 aromatic carbocycles. The SMILES string of the molecule is COc1ccc(-c2nn(-c3ccccc3)cc2/C=N/NC(=O)COc2ccccc2Cl)cc1. The number of ether oxygens (including phenoxy) is 2. The molecule has 1 amide bonds. The van der Waals surface area contributed by atoms with Gasteiger partial charge in [-0.05, 0) is 48.5 Å². The first-order chi connectivity index (χ1) is 16.1. The fraction of sp³-hybridized carbons (Fsp3) is 0.0800. The van der Waals surface area contributed by atoms with Crippen molar-refractivity contribution in [1.82, 2.24) is 15.2 Å². The van der Waals surface area contributed by atoms with Gasteiger partial charge in [0.2, 0.25) is 0 Å². The number of hydrazone groups is 1. The van der Waals surface area contributed by atoms with Gasteiger partial charge in [0.1, 0.15) is 17.2 Å². The van der Waals surface area contributed by atoms with Crippen LogP contribution in [0.3, 0.4) is 0 Å². The zero-order valence-electron chi connectivity index (χ0n) is 17.8. The topological polar surface area (TPSA) is 77.7 Å². The first kappa shape index (κ1) is 22.1. The molecule has 0 fully saturated rings. The van der Waals surface area contributed by atoms with Gasteiger partial charge in [-0.2, -0.15) is 10.2 Å². The summed E-state index contributed by atoms with van der Waals surface area (Å²) in [5.41, 5.74) is 5.72. The van der Waals surface area contributed by atoms with Gasteiger partial charge in [-0.15, -0.1) is 0 Å². The molecule has 0 spiro atoms. The van der Waals surface area contributed by atoms with Gasteiger partial charge < -0.3 is 9.47 Å². The summed E-state index contributed by atoms with van der Waals surface area (Å²) in [7, 11) is 1.62. The van der Waals surface area contributed by atoms with Crippen molar-refractivity contribution in [2.24, 2.45) is 5.10 Å². The van der Waals surface area contributed by atoms with E-state index in [0.717, 1.165) is 22.6 Å². The van der Waals surface area contributed by atoms with Gasteiger partial charge >= 0.3 is 0 Å². The van der Waals surface area contributed by atoms with Gasteiger partial charge in [-0.3, -0.25) is 4.79 Å². The molecule has 0 unspecified atom stereocenters. The highest BCUT2D eigenvalue weighted by Gasteiger charge is 2.12. The van der Waals surface area contributed by atoms with Crippen LogP contribution in [0.5, 0.6) is 11.5 Å². The lowest BCUT2D eigenvalue weighted by atomic mass is 10.1. The number of benzene rings is 3. The van der Waals surface area contributed by atoms with Crippen LogP contribution in [0.1, 0.15) is 5.56 Å². The Hall–Kier alpha value is -4.10. The summed E-state index contributed by atoms with van der Waals surface area (Å²) in [6.07, 6.45) is 3.41. The molecule has 4 aromatic rings. The Balaban J connectivity index is 1.51. The molecule has 1 aromatic heterocycles. The van der Waals surface area contributed by atoms with Gasteiger partial charge in [0.25, 0.3) is 5.91 Å². The van der Waals surface area contributed by atoms with Gasteiger partial charge in [-0.25, -0.2) is 10.1 Å². The molecule has 8 heteroatoms. The maximum atomic E-state index is 12.1. The number of para-hydroxylation sites is 2. The van der Waals surface area contributed by atoms with E-state index in [2.05, 4.69) is 10.5 Å². The molecule has 0 saturated heterocycles. The van der Waals surface area contributed by atoms with E-state index in [0.29, 0.717) is 16.5 Å². The highest BCUT2D eigenvalue weighted by Crippen LogP contribution is 2.25. The fourth-order valence-electron chi connectivity index (χ4n) is 3.08.